The van der Waals surface area contributed by atoms with Crippen molar-refractivity contribution >= 4 is 0 Å². The van der Waals surface area contributed by atoms with Gasteiger partial charge >= 0.3 is 49.0 Å². The quantitative estimate of drug-likeness (QED) is 0.472. The van der Waals surface area contributed by atoms with E-state index in [1.165, 1.54) is 0 Å². The summed E-state index contributed by atoms with van der Waals surface area (Å²) in [6.45, 7) is 28.5. The van der Waals surface area contributed by atoms with Gasteiger partial charge in [0.15, 0.2) is 0 Å². The molecule has 0 bridgehead atoms. The molecule has 0 heterocycles. The van der Waals surface area contributed by atoms with Gasteiger partial charge in [0, 0.05) is 0 Å². The van der Waals surface area contributed by atoms with Crippen molar-refractivity contribution < 1.29 is 49.0 Å². The first-order valence-electron chi connectivity index (χ1n) is 1.34. The molecule has 8 heteroatoms. The van der Waals surface area contributed by atoms with Crippen molar-refractivity contribution in [3.63, 3.8) is 0 Å². The molecule has 0 aliphatic carbocycles. The molecule has 0 saturated heterocycles. The van der Waals surface area contributed by atoms with Crippen LogP contribution in [-0.4, -0.2) is 0 Å². The third kappa shape index (κ3) is 479. The van der Waals surface area contributed by atoms with Gasteiger partial charge in [-0.15, -0.1) is 0 Å². The van der Waals surface area contributed by atoms with E-state index in [-0.39, 0.29) is 49.0 Å². The van der Waals surface area contributed by atoms with Crippen molar-refractivity contribution in [1.82, 2.24) is 0 Å². The third-order valence-corrected chi connectivity index (χ3v) is 0. The molecule has 6 nitrogen and oxygen atoms in total. The van der Waals surface area contributed by atoms with Gasteiger partial charge in [-0.25, -0.2) is 0 Å². The molecule has 0 aromatic carbocycles. The Balaban J connectivity index is -0.00000000500. The molecule has 0 atom stereocenters. The molecule has 0 N–H and O–H groups in total. The Hall–Kier alpha value is -1.42. The van der Waals surface area contributed by atoms with E-state index >= 15 is 0 Å². The Morgan fingerprint density at radius 3 is 0.357 bits per heavy atom. The minimum atomic E-state index is 0. The molecule has 0 rings (SSSR count). The number of rotatable bonds is 0. The molecule has 0 aromatic rings. The Labute approximate surface area is 119 Å². The van der Waals surface area contributed by atoms with Crippen LogP contribution in [0.15, 0.2) is 0 Å². The summed E-state index contributed by atoms with van der Waals surface area (Å²) >= 11 is 0. The van der Waals surface area contributed by atoms with Gasteiger partial charge in [0.25, 0.3) is 0 Å². The molecule has 0 aliphatic heterocycles. The molecule has 0 aliphatic rings. The van der Waals surface area contributed by atoms with Crippen LogP contribution in [0.4, 0.5) is 0 Å². The van der Waals surface area contributed by atoms with Gasteiger partial charge in [-0.1, -0.05) is 0 Å². The largest absolute Gasteiger partial charge is 4.00 e. The van der Waals surface area contributed by atoms with Crippen molar-refractivity contribution in [2.75, 3.05) is 0 Å². The average molecular weight is 316 g/mol. The predicted octanol–water partition coefficient (Wildman–Crippen LogP) is 0.573. The zero-order valence-electron chi connectivity index (χ0n) is 6.89. The minimum absolute atomic E-state index is 0. The van der Waals surface area contributed by atoms with Crippen molar-refractivity contribution in [1.29, 1.82) is 31.6 Å². The van der Waals surface area contributed by atoms with E-state index < -0.39 is 0 Å². The monoisotopic (exact) mass is 318 g/mol. The van der Waals surface area contributed by atoms with Crippen LogP contribution in [0.3, 0.4) is 0 Å². The fraction of sp³-hybridized carbons (Fsp3) is 0. The first-order chi connectivity index (χ1) is 6.00. The van der Waals surface area contributed by atoms with Crippen molar-refractivity contribution in [3.8, 4) is 0 Å². The zero-order chi connectivity index (χ0) is 12.0. The molecule has 0 aromatic heterocycles. The van der Waals surface area contributed by atoms with E-state index in [2.05, 4.69) is 0 Å². The maximum absolute atomic E-state index is 6.25. The topological polar surface area (TPSA) is 143 Å². The summed E-state index contributed by atoms with van der Waals surface area (Å²) in [5.74, 6) is 0. The van der Waals surface area contributed by atoms with E-state index in [9.17, 15) is 0 Å². The standard InChI is InChI=1S/6CN.Cd.Ti/c6*1-2;;/q6*-1;+2;+4. The van der Waals surface area contributed by atoms with Crippen LogP contribution in [0.5, 0.6) is 0 Å². The van der Waals surface area contributed by atoms with Gasteiger partial charge in [0.05, 0.1) is 0 Å². The van der Waals surface area contributed by atoms with Gasteiger partial charge in [0.2, 0.25) is 0 Å². The summed E-state index contributed by atoms with van der Waals surface area (Å²) in [5, 5.41) is 37.5. The summed E-state index contributed by atoms with van der Waals surface area (Å²) in [6, 6.07) is 0. The smallest absolute Gasteiger partial charge is 0.512 e. The van der Waals surface area contributed by atoms with Crippen LogP contribution in [0.2, 0.25) is 0 Å². The molecule has 60 valence electrons. The molecule has 14 heavy (non-hydrogen) atoms. The van der Waals surface area contributed by atoms with Crippen LogP contribution < -0.4 is 0 Å². The van der Waals surface area contributed by atoms with Crippen molar-refractivity contribution in [2.45, 2.75) is 0 Å². The Morgan fingerprint density at radius 2 is 0.357 bits per heavy atom. The van der Waals surface area contributed by atoms with E-state index in [1.54, 1.807) is 0 Å². The Bertz CT molecular complexity index is 97.3. The fourth-order valence-corrected chi connectivity index (χ4v) is 0. The average Bonchev–Trinajstić information content (AvgIpc) is 2.33. The van der Waals surface area contributed by atoms with Gasteiger partial charge in [-0.2, -0.15) is 0 Å². The van der Waals surface area contributed by atoms with Crippen LogP contribution in [0.25, 0.3) is 0 Å². The Morgan fingerprint density at radius 1 is 0.357 bits per heavy atom. The molecule has 0 amide bonds. The van der Waals surface area contributed by atoms with Crippen LogP contribution in [0, 0.1) is 71.0 Å². The maximum Gasteiger partial charge on any atom is 4.00 e. The first kappa shape index (κ1) is 80.5. The zero-order valence-corrected chi connectivity index (χ0v) is 12.5. The summed E-state index contributed by atoms with van der Waals surface area (Å²) in [7, 11) is 0. The third-order valence-electron chi connectivity index (χ3n) is 0. The molecule has 0 saturated carbocycles. The van der Waals surface area contributed by atoms with E-state index in [4.69, 9.17) is 71.0 Å². The Kier molecular flexibility index (Phi) is 3670. The van der Waals surface area contributed by atoms with Crippen molar-refractivity contribution in [2.24, 2.45) is 0 Å². The second-order valence-electron chi connectivity index (χ2n) is 0. The first-order valence-corrected chi connectivity index (χ1v) is 1.34. The second kappa shape index (κ2) is 639. The van der Waals surface area contributed by atoms with Gasteiger partial charge in [-0.3, -0.25) is 0 Å². The minimum Gasteiger partial charge on any atom is -0.512 e. The summed E-state index contributed by atoms with van der Waals surface area (Å²) in [5.41, 5.74) is 0. The molecule has 0 unspecified atom stereocenters. The number of hydrogen-bond acceptors (Lipinski definition) is 6. The molecule has 0 spiro atoms. The second-order valence-corrected chi connectivity index (χ2v) is 0. The summed E-state index contributed by atoms with van der Waals surface area (Å²) in [4.78, 5) is 0. The predicted molar refractivity (Wildman–Crippen MR) is 29.8 cm³/mol. The van der Waals surface area contributed by atoms with E-state index in [0.29, 0.717) is 0 Å². The van der Waals surface area contributed by atoms with E-state index in [1.807, 2.05) is 0 Å². The SMILES string of the molecule is [C-]#N.[C-]#N.[C-]#N.[C-]#N.[C-]#N.[C-]#N.[Cd+2].[Ti+4]. The normalized spacial score (nSPS) is 0.857. The van der Waals surface area contributed by atoms with Gasteiger partial charge in [0.1, 0.15) is 0 Å². The molecule has 0 fully saturated rings. The van der Waals surface area contributed by atoms with E-state index in [0.717, 1.165) is 0 Å². The summed E-state index contributed by atoms with van der Waals surface area (Å²) in [6.07, 6.45) is 0. The van der Waals surface area contributed by atoms with Crippen molar-refractivity contribution in [3.05, 3.63) is 39.4 Å². The summed E-state index contributed by atoms with van der Waals surface area (Å²) < 4.78 is 0. The van der Waals surface area contributed by atoms with Crippen LogP contribution in [-0.2, 0) is 49.0 Å². The number of hydrogen-bond donors (Lipinski definition) is 0. The molecular weight excluding hydrogens is 316 g/mol. The molecular formula is C6CdN6Ti. The van der Waals surface area contributed by atoms with Crippen LogP contribution in [0.1, 0.15) is 0 Å². The maximum atomic E-state index is 6.25. The van der Waals surface area contributed by atoms with Gasteiger partial charge < -0.3 is 71.0 Å². The molecule has 0 radical (unpaired) electrons. The van der Waals surface area contributed by atoms with Crippen LogP contribution >= 0.6 is 0 Å². The number of nitrogens with zero attached hydrogens (tertiary/aromatic N) is 6. The van der Waals surface area contributed by atoms with Gasteiger partial charge in [-0.05, 0) is 0 Å². The fourth-order valence-electron chi connectivity index (χ4n) is 0.